The summed E-state index contributed by atoms with van der Waals surface area (Å²) in [4.78, 5) is 21.0. The lowest BCUT2D eigenvalue weighted by atomic mass is 10.1. The minimum Gasteiger partial charge on any atom is -0.497 e. The number of anilines is 2. The summed E-state index contributed by atoms with van der Waals surface area (Å²) in [5.74, 6) is 0.660. The monoisotopic (exact) mass is 361 g/mol. The van der Waals surface area contributed by atoms with Gasteiger partial charge in [0.25, 0.3) is 5.91 Å². The molecule has 27 heavy (non-hydrogen) atoms. The van der Waals surface area contributed by atoms with Crippen LogP contribution in [-0.4, -0.2) is 32.1 Å². The molecule has 138 valence electrons. The van der Waals surface area contributed by atoms with Gasteiger partial charge in [-0.25, -0.2) is 0 Å². The van der Waals surface area contributed by atoms with E-state index in [1.165, 1.54) is 0 Å². The van der Waals surface area contributed by atoms with E-state index in [1.807, 2.05) is 55.4 Å². The van der Waals surface area contributed by atoms with Crippen LogP contribution in [0.2, 0.25) is 0 Å². The van der Waals surface area contributed by atoms with Gasteiger partial charge in [-0.15, -0.1) is 0 Å². The van der Waals surface area contributed by atoms with E-state index in [0.29, 0.717) is 12.1 Å². The van der Waals surface area contributed by atoms with Crippen molar-refractivity contribution in [2.45, 2.75) is 6.54 Å². The Morgan fingerprint density at radius 2 is 1.63 bits per heavy atom. The van der Waals surface area contributed by atoms with Crippen LogP contribution in [0.25, 0.3) is 0 Å². The van der Waals surface area contributed by atoms with E-state index < -0.39 is 0 Å². The Labute approximate surface area is 159 Å². The predicted octanol–water partition coefficient (Wildman–Crippen LogP) is 4.00. The molecule has 0 N–H and O–H groups in total. The molecule has 5 nitrogen and oxygen atoms in total. The van der Waals surface area contributed by atoms with Crippen molar-refractivity contribution in [1.29, 1.82) is 0 Å². The van der Waals surface area contributed by atoms with Crippen LogP contribution in [0.1, 0.15) is 15.9 Å². The molecule has 0 aliphatic rings. The van der Waals surface area contributed by atoms with Gasteiger partial charge in [0, 0.05) is 37.9 Å². The summed E-state index contributed by atoms with van der Waals surface area (Å²) >= 11 is 0. The number of methoxy groups -OCH3 is 1. The molecule has 1 aromatic heterocycles. The van der Waals surface area contributed by atoms with Crippen molar-refractivity contribution in [3.63, 3.8) is 0 Å². The Morgan fingerprint density at radius 1 is 0.963 bits per heavy atom. The Morgan fingerprint density at radius 3 is 2.19 bits per heavy atom. The van der Waals surface area contributed by atoms with Crippen LogP contribution in [0.4, 0.5) is 11.4 Å². The minimum atomic E-state index is -0.0926. The van der Waals surface area contributed by atoms with Crippen LogP contribution in [0.3, 0.4) is 0 Å². The van der Waals surface area contributed by atoms with Gasteiger partial charge in [0.2, 0.25) is 0 Å². The lowest BCUT2D eigenvalue weighted by molar-refractivity contribution is 0.0984. The summed E-state index contributed by atoms with van der Waals surface area (Å²) in [6.07, 6.45) is 3.25. The number of pyridine rings is 1. The van der Waals surface area contributed by atoms with Gasteiger partial charge in [0.15, 0.2) is 0 Å². The number of ether oxygens (including phenoxy) is 1. The SMILES string of the molecule is COc1ccc(N(Cc2ccc(N(C)C)cc2)C(=O)c2cccnc2)cc1. The van der Waals surface area contributed by atoms with E-state index in [1.54, 1.807) is 36.5 Å². The first-order chi connectivity index (χ1) is 13.1. The number of hydrogen-bond acceptors (Lipinski definition) is 4. The average molecular weight is 361 g/mol. The minimum absolute atomic E-state index is 0.0926. The molecule has 3 aromatic rings. The molecule has 5 heteroatoms. The second-order valence-electron chi connectivity index (χ2n) is 6.39. The Balaban J connectivity index is 1.92. The summed E-state index contributed by atoms with van der Waals surface area (Å²) in [6.45, 7) is 0.466. The zero-order valence-electron chi connectivity index (χ0n) is 15.8. The largest absolute Gasteiger partial charge is 0.497 e. The van der Waals surface area contributed by atoms with Crippen molar-refractivity contribution in [1.82, 2.24) is 4.98 Å². The fourth-order valence-corrected chi connectivity index (χ4v) is 2.77. The van der Waals surface area contributed by atoms with Crippen molar-refractivity contribution >= 4 is 17.3 Å². The second kappa shape index (κ2) is 8.36. The smallest absolute Gasteiger partial charge is 0.260 e. The third-order valence-electron chi connectivity index (χ3n) is 4.33. The van der Waals surface area contributed by atoms with Crippen LogP contribution < -0.4 is 14.5 Å². The molecule has 0 spiro atoms. The lowest BCUT2D eigenvalue weighted by Crippen LogP contribution is -2.30. The first-order valence-corrected chi connectivity index (χ1v) is 8.70. The Kier molecular flexibility index (Phi) is 5.71. The molecule has 3 rings (SSSR count). The van der Waals surface area contributed by atoms with E-state index in [9.17, 15) is 4.79 Å². The molecule has 0 atom stereocenters. The van der Waals surface area contributed by atoms with Crippen LogP contribution in [-0.2, 0) is 6.54 Å². The molecule has 0 bridgehead atoms. The van der Waals surface area contributed by atoms with E-state index in [0.717, 1.165) is 22.7 Å². The molecule has 1 amide bonds. The number of aromatic nitrogens is 1. The molecule has 0 aliphatic carbocycles. The molecule has 0 saturated carbocycles. The number of hydrogen-bond donors (Lipinski definition) is 0. The molecule has 0 fully saturated rings. The van der Waals surface area contributed by atoms with Gasteiger partial charge in [-0.3, -0.25) is 9.78 Å². The van der Waals surface area contributed by atoms with E-state index in [4.69, 9.17) is 4.74 Å². The number of nitrogens with zero attached hydrogens (tertiary/aromatic N) is 3. The molecule has 2 aromatic carbocycles. The van der Waals surface area contributed by atoms with Crippen molar-refractivity contribution < 1.29 is 9.53 Å². The summed E-state index contributed by atoms with van der Waals surface area (Å²) < 4.78 is 5.23. The van der Waals surface area contributed by atoms with E-state index in [2.05, 4.69) is 17.1 Å². The fourth-order valence-electron chi connectivity index (χ4n) is 2.77. The highest BCUT2D eigenvalue weighted by Gasteiger charge is 2.18. The maximum atomic E-state index is 13.1. The molecule has 0 aliphatic heterocycles. The van der Waals surface area contributed by atoms with Gasteiger partial charge in [-0.05, 0) is 54.1 Å². The summed E-state index contributed by atoms with van der Waals surface area (Å²) in [7, 11) is 5.63. The third-order valence-corrected chi connectivity index (χ3v) is 4.33. The van der Waals surface area contributed by atoms with Crippen LogP contribution in [0.5, 0.6) is 5.75 Å². The molecule has 0 saturated heterocycles. The molecule has 0 radical (unpaired) electrons. The van der Waals surface area contributed by atoms with E-state index in [-0.39, 0.29) is 5.91 Å². The van der Waals surface area contributed by atoms with Crippen LogP contribution >= 0.6 is 0 Å². The van der Waals surface area contributed by atoms with Crippen LogP contribution in [0.15, 0.2) is 73.1 Å². The fraction of sp³-hybridized carbons (Fsp3) is 0.182. The maximum absolute atomic E-state index is 13.1. The Bertz CT molecular complexity index is 876. The van der Waals surface area contributed by atoms with Gasteiger partial charge < -0.3 is 14.5 Å². The summed E-state index contributed by atoms with van der Waals surface area (Å²) in [5.41, 5.74) is 3.53. The Hall–Kier alpha value is -3.34. The lowest BCUT2D eigenvalue weighted by Gasteiger charge is -2.24. The molecule has 0 unspecified atom stereocenters. The zero-order chi connectivity index (χ0) is 19.2. The van der Waals surface area contributed by atoms with Crippen molar-refractivity contribution in [3.8, 4) is 5.75 Å². The first-order valence-electron chi connectivity index (χ1n) is 8.70. The van der Waals surface area contributed by atoms with Gasteiger partial charge in [-0.1, -0.05) is 12.1 Å². The maximum Gasteiger partial charge on any atom is 0.260 e. The van der Waals surface area contributed by atoms with Crippen molar-refractivity contribution in [2.24, 2.45) is 0 Å². The topological polar surface area (TPSA) is 45.7 Å². The van der Waals surface area contributed by atoms with Gasteiger partial charge in [0.05, 0.1) is 19.2 Å². The number of benzene rings is 2. The van der Waals surface area contributed by atoms with Crippen LogP contribution in [0, 0.1) is 0 Å². The standard InChI is InChI=1S/C22H23N3O2/c1-24(2)19-8-6-17(7-9-19)16-25(20-10-12-21(27-3)13-11-20)22(26)18-5-4-14-23-15-18/h4-15H,16H2,1-3H3. The zero-order valence-corrected chi connectivity index (χ0v) is 15.8. The second-order valence-corrected chi connectivity index (χ2v) is 6.39. The average Bonchev–Trinajstić information content (AvgIpc) is 2.72. The molecular formula is C22H23N3O2. The highest BCUT2D eigenvalue weighted by Crippen LogP contribution is 2.24. The number of amides is 1. The molecular weight excluding hydrogens is 338 g/mol. The normalized spacial score (nSPS) is 10.3. The van der Waals surface area contributed by atoms with Crippen molar-refractivity contribution in [2.75, 3.05) is 31.0 Å². The van der Waals surface area contributed by atoms with Gasteiger partial charge >= 0.3 is 0 Å². The van der Waals surface area contributed by atoms with Gasteiger partial charge in [-0.2, -0.15) is 0 Å². The highest BCUT2D eigenvalue weighted by atomic mass is 16.5. The third kappa shape index (κ3) is 4.44. The first kappa shape index (κ1) is 18.5. The summed E-state index contributed by atoms with van der Waals surface area (Å²) in [6, 6.07) is 19.2. The quantitative estimate of drug-likeness (QED) is 0.666. The van der Waals surface area contributed by atoms with Crippen molar-refractivity contribution in [3.05, 3.63) is 84.2 Å². The predicted molar refractivity (Wildman–Crippen MR) is 109 cm³/mol. The van der Waals surface area contributed by atoms with E-state index >= 15 is 0 Å². The molecule has 1 heterocycles. The highest BCUT2D eigenvalue weighted by molar-refractivity contribution is 6.05. The summed E-state index contributed by atoms with van der Waals surface area (Å²) in [5, 5.41) is 0. The number of rotatable bonds is 6. The number of carbonyl (C=O) groups is 1. The van der Waals surface area contributed by atoms with Gasteiger partial charge in [0.1, 0.15) is 5.75 Å². The number of carbonyl (C=O) groups excluding carboxylic acids is 1.